The summed E-state index contributed by atoms with van der Waals surface area (Å²) in [6.07, 6.45) is 0. The Labute approximate surface area is 120 Å². The summed E-state index contributed by atoms with van der Waals surface area (Å²) in [5.74, 6) is -1.02. The summed E-state index contributed by atoms with van der Waals surface area (Å²) in [6.45, 7) is 2.00. The molecule has 2 aromatic rings. The molecular weight excluding hydrogens is 283 g/mol. The van der Waals surface area contributed by atoms with Gasteiger partial charge in [-0.15, -0.1) is 0 Å². The standard InChI is InChI=1S/C15H12ClFO3/c1-9-2-4-11(15(18)19)7-14(9)20-8-10-3-5-13(17)12(16)6-10/h2-7H,8H2,1H3,(H,18,19). The summed E-state index contributed by atoms with van der Waals surface area (Å²) in [6, 6.07) is 8.96. The fraction of sp³-hybridized carbons (Fsp3) is 0.133. The SMILES string of the molecule is Cc1ccc(C(=O)O)cc1OCc1ccc(F)c(Cl)c1. The number of benzene rings is 2. The van der Waals surface area contributed by atoms with E-state index >= 15 is 0 Å². The highest BCUT2D eigenvalue weighted by Gasteiger charge is 2.08. The van der Waals surface area contributed by atoms with E-state index < -0.39 is 11.8 Å². The highest BCUT2D eigenvalue weighted by atomic mass is 35.5. The molecule has 5 heteroatoms. The Hall–Kier alpha value is -2.07. The Kier molecular flexibility index (Phi) is 4.25. The second-order valence-corrected chi connectivity index (χ2v) is 4.73. The van der Waals surface area contributed by atoms with Crippen molar-refractivity contribution < 1.29 is 19.0 Å². The number of hydrogen-bond donors (Lipinski definition) is 1. The Bertz CT molecular complexity index is 656. The van der Waals surface area contributed by atoms with Gasteiger partial charge in [0.15, 0.2) is 0 Å². The van der Waals surface area contributed by atoms with E-state index in [0.717, 1.165) is 5.56 Å². The molecule has 0 amide bonds. The second-order valence-electron chi connectivity index (χ2n) is 4.32. The van der Waals surface area contributed by atoms with Crippen molar-refractivity contribution in [2.24, 2.45) is 0 Å². The summed E-state index contributed by atoms with van der Waals surface area (Å²) >= 11 is 5.69. The highest BCUT2D eigenvalue weighted by Crippen LogP contribution is 2.22. The normalized spacial score (nSPS) is 10.3. The zero-order chi connectivity index (χ0) is 14.7. The second kappa shape index (κ2) is 5.92. The average molecular weight is 295 g/mol. The van der Waals surface area contributed by atoms with Crippen molar-refractivity contribution in [3.63, 3.8) is 0 Å². The maximum absolute atomic E-state index is 13.0. The Balaban J connectivity index is 2.15. The third kappa shape index (κ3) is 3.27. The molecule has 0 unspecified atom stereocenters. The summed E-state index contributed by atoms with van der Waals surface area (Å²) in [4.78, 5) is 10.9. The lowest BCUT2D eigenvalue weighted by molar-refractivity contribution is 0.0696. The van der Waals surface area contributed by atoms with Crippen LogP contribution >= 0.6 is 11.6 Å². The van der Waals surface area contributed by atoms with Gasteiger partial charge in [0.05, 0.1) is 10.6 Å². The first-order valence-electron chi connectivity index (χ1n) is 5.88. The lowest BCUT2D eigenvalue weighted by atomic mass is 10.1. The minimum absolute atomic E-state index is 0.0297. The predicted octanol–water partition coefficient (Wildman–Crippen LogP) is 4.06. The monoisotopic (exact) mass is 294 g/mol. The van der Waals surface area contributed by atoms with Gasteiger partial charge in [0, 0.05) is 0 Å². The van der Waals surface area contributed by atoms with Crippen molar-refractivity contribution in [1.29, 1.82) is 0 Å². The van der Waals surface area contributed by atoms with E-state index in [-0.39, 0.29) is 17.2 Å². The van der Waals surface area contributed by atoms with Gasteiger partial charge >= 0.3 is 5.97 Å². The average Bonchev–Trinajstić information content (AvgIpc) is 2.41. The van der Waals surface area contributed by atoms with Crippen molar-refractivity contribution in [2.45, 2.75) is 13.5 Å². The number of halogens is 2. The molecule has 0 saturated heterocycles. The zero-order valence-corrected chi connectivity index (χ0v) is 11.4. The Morgan fingerprint density at radius 3 is 2.70 bits per heavy atom. The van der Waals surface area contributed by atoms with Crippen molar-refractivity contribution >= 4 is 17.6 Å². The molecule has 2 rings (SSSR count). The summed E-state index contributed by atoms with van der Waals surface area (Å²) < 4.78 is 18.6. The van der Waals surface area contributed by atoms with Crippen LogP contribution in [0, 0.1) is 12.7 Å². The highest BCUT2D eigenvalue weighted by molar-refractivity contribution is 6.30. The van der Waals surface area contributed by atoms with Gasteiger partial charge in [0.1, 0.15) is 18.2 Å². The van der Waals surface area contributed by atoms with Gasteiger partial charge in [-0.3, -0.25) is 0 Å². The number of hydrogen-bond acceptors (Lipinski definition) is 2. The first-order chi connectivity index (χ1) is 9.47. The molecule has 3 nitrogen and oxygen atoms in total. The fourth-order valence-corrected chi connectivity index (χ4v) is 1.88. The molecule has 0 heterocycles. The van der Waals surface area contributed by atoms with Crippen LogP contribution in [0.15, 0.2) is 36.4 Å². The Morgan fingerprint density at radius 2 is 2.05 bits per heavy atom. The van der Waals surface area contributed by atoms with Gasteiger partial charge in [0.2, 0.25) is 0 Å². The van der Waals surface area contributed by atoms with E-state index in [9.17, 15) is 9.18 Å². The molecule has 0 aliphatic heterocycles. The van der Waals surface area contributed by atoms with Gasteiger partial charge in [-0.25, -0.2) is 9.18 Å². The third-order valence-electron chi connectivity index (χ3n) is 2.81. The van der Waals surface area contributed by atoms with Crippen LogP contribution in [-0.4, -0.2) is 11.1 Å². The molecule has 0 aromatic heterocycles. The Morgan fingerprint density at radius 1 is 1.30 bits per heavy atom. The largest absolute Gasteiger partial charge is 0.489 e. The number of carboxylic acids is 1. The van der Waals surface area contributed by atoms with Crippen LogP contribution in [0.2, 0.25) is 5.02 Å². The van der Waals surface area contributed by atoms with Gasteiger partial charge in [-0.05, 0) is 42.3 Å². The molecule has 0 aliphatic rings. The van der Waals surface area contributed by atoms with Crippen LogP contribution in [0.4, 0.5) is 4.39 Å². The van der Waals surface area contributed by atoms with Crippen LogP contribution in [0.5, 0.6) is 5.75 Å². The van der Waals surface area contributed by atoms with Gasteiger partial charge in [0.25, 0.3) is 0 Å². The van der Waals surface area contributed by atoms with Gasteiger partial charge in [-0.2, -0.15) is 0 Å². The lowest BCUT2D eigenvalue weighted by Crippen LogP contribution is -2.01. The van der Waals surface area contributed by atoms with E-state index in [2.05, 4.69) is 0 Å². The van der Waals surface area contributed by atoms with E-state index in [1.165, 1.54) is 24.3 Å². The molecule has 2 aromatic carbocycles. The number of carboxylic acid groups (broad SMARTS) is 1. The summed E-state index contributed by atoms with van der Waals surface area (Å²) in [5, 5.41) is 8.97. The molecule has 104 valence electrons. The van der Waals surface area contributed by atoms with E-state index in [1.54, 1.807) is 12.1 Å². The van der Waals surface area contributed by atoms with Crippen molar-refractivity contribution in [2.75, 3.05) is 0 Å². The van der Waals surface area contributed by atoms with E-state index in [1.807, 2.05) is 6.92 Å². The molecule has 0 atom stereocenters. The number of ether oxygens (including phenoxy) is 1. The summed E-state index contributed by atoms with van der Waals surface area (Å²) in [5.41, 5.74) is 1.68. The zero-order valence-electron chi connectivity index (χ0n) is 10.7. The summed E-state index contributed by atoms with van der Waals surface area (Å²) in [7, 11) is 0. The van der Waals surface area contributed by atoms with Crippen LogP contribution in [0.25, 0.3) is 0 Å². The van der Waals surface area contributed by atoms with Gasteiger partial charge in [-0.1, -0.05) is 23.7 Å². The topological polar surface area (TPSA) is 46.5 Å². The van der Waals surface area contributed by atoms with Crippen molar-refractivity contribution in [1.82, 2.24) is 0 Å². The van der Waals surface area contributed by atoms with E-state index in [0.29, 0.717) is 11.3 Å². The quantitative estimate of drug-likeness (QED) is 0.925. The first kappa shape index (κ1) is 14.3. The van der Waals surface area contributed by atoms with Crippen LogP contribution < -0.4 is 4.74 Å². The first-order valence-corrected chi connectivity index (χ1v) is 6.26. The van der Waals surface area contributed by atoms with Crippen LogP contribution in [0.1, 0.15) is 21.5 Å². The molecule has 0 spiro atoms. The third-order valence-corrected chi connectivity index (χ3v) is 3.10. The van der Waals surface area contributed by atoms with E-state index in [4.69, 9.17) is 21.4 Å². The minimum atomic E-state index is -1.01. The van der Waals surface area contributed by atoms with Crippen molar-refractivity contribution in [3.05, 3.63) is 63.9 Å². The smallest absolute Gasteiger partial charge is 0.335 e. The number of carbonyl (C=O) groups is 1. The molecular formula is C15H12ClFO3. The molecule has 0 radical (unpaired) electrons. The number of aromatic carboxylic acids is 1. The molecule has 1 N–H and O–H groups in total. The van der Waals surface area contributed by atoms with Crippen molar-refractivity contribution in [3.8, 4) is 5.75 Å². The maximum atomic E-state index is 13.0. The molecule has 0 aliphatic carbocycles. The molecule has 0 bridgehead atoms. The van der Waals surface area contributed by atoms with Gasteiger partial charge < -0.3 is 9.84 Å². The maximum Gasteiger partial charge on any atom is 0.335 e. The van der Waals surface area contributed by atoms with Crippen LogP contribution in [-0.2, 0) is 6.61 Å². The van der Waals surface area contributed by atoms with Crippen LogP contribution in [0.3, 0.4) is 0 Å². The molecule has 0 saturated carbocycles. The lowest BCUT2D eigenvalue weighted by Gasteiger charge is -2.10. The number of aryl methyl sites for hydroxylation is 1. The molecule has 0 fully saturated rings. The minimum Gasteiger partial charge on any atom is -0.489 e. The predicted molar refractivity (Wildman–Crippen MR) is 73.9 cm³/mol. The number of rotatable bonds is 4. The fourth-order valence-electron chi connectivity index (χ4n) is 1.68. The molecule has 20 heavy (non-hydrogen) atoms.